The van der Waals surface area contributed by atoms with Gasteiger partial charge in [0.1, 0.15) is 11.6 Å². The van der Waals surface area contributed by atoms with E-state index < -0.39 is 5.60 Å². The summed E-state index contributed by atoms with van der Waals surface area (Å²) in [5.74, 6) is 0.587. The Balaban J connectivity index is 1.52. The summed E-state index contributed by atoms with van der Waals surface area (Å²) in [6.45, 7) is 1.39. The number of rotatable bonds is 2. The predicted octanol–water partition coefficient (Wildman–Crippen LogP) is 2.36. The number of piperidine rings is 1. The lowest BCUT2D eigenvalue weighted by Gasteiger charge is -2.39. The van der Waals surface area contributed by atoms with Crippen LogP contribution in [0.4, 0.5) is 10.2 Å². The third-order valence-corrected chi connectivity index (χ3v) is 4.54. The van der Waals surface area contributed by atoms with Crippen LogP contribution in [0.5, 0.6) is 0 Å². The molecule has 1 aliphatic heterocycles. The quantitative estimate of drug-likeness (QED) is 0.789. The number of halogens is 1. The molecule has 0 amide bonds. The third-order valence-electron chi connectivity index (χ3n) is 4.54. The number of benzene rings is 1. The molecule has 4 rings (SSSR count). The highest BCUT2D eigenvalue weighted by Crippen LogP contribution is 2.34. The molecule has 0 aliphatic carbocycles. The van der Waals surface area contributed by atoms with Crippen molar-refractivity contribution < 1.29 is 9.50 Å². The maximum Gasteiger partial charge on any atom is 0.153 e. The van der Waals surface area contributed by atoms with Crippen molar-refractivity contribution in [1.82, 2.24) is 14.6 Å². The maximum absolute atomic E-state index is 13.1. The molecule has 1 aliphatic rings. The standard InChI is InChI=1S/C17H17FN4O/c18-14-3-1-13(2-4-14)17(23)7-10-21(11-8-17)16-6-5-15-19-9-12-22(15)20-16/h1-6,9,12,23H,7-8,10-11H2. The molecule has 6 heteroatoms. The minimum Gasteiger partial charge on any atom is -0.385 e. The van der Waals surface area contributed by atoms with E-state index in [1.165, 1.54) is 12.1 Å². The minimum absolute atomic E-state index is 0.285. The number of imidazole rings is 1. The van der Waals surface area contributed by atoms with Crippen molar-refractivity contribution in [2.45, 2.75) is 18.4 Å². The summed E-state index contributed by atoms with van der Waals surface area (Å²) in [4.78, 5) is 6.34. The summed E-state index contributed by atoms with van der Waals surface area (Å²) in [7, 11) is 0. The molecule has 1 saturated heterocycles. The Morgan fingerprint density at radius 1 is 1.04 bits per heavy atom. The van der Waals surface area contributed by atoms with Crippen molar-refractivity contribution in [2.75, 3.05) is 18.0 Å². The smallest absolute Gasteiger partial charge is 0.153 e. The van der Waals surface area contributed by atoms with Crippen LogP contribution in [-0.4, -0.2) is 32.8 Å². The molecular weight excluding hydrogens is 295 g/mol. The van der Waals surface area contributed by atoms with E-state index >= 15 is 0 Å². The molecule has 1 fully saturated rings. The summed E-state index contributed by atoms with van der Waals surface area (Å²) in [6.07, 6.45) is 4.71. The van der Waals surface area contributed by atoms with Crippen LogP contribution in [0.3, 0.4) is 0 Å². The fourth-order valence-corrected chi connectivity index (χ4v) is 3.13. The molecule has 0 unspecified atom stereocenters. The molecule has 1 aromatic carbocycles. The highest BCUT2D eigenvalue weighted by molar-refractivity contribution is 5.46. The molecule has 0 bridgehead atoms. The Labute approximate surface area is 133 Å². The van der Waals surface area contributed by atoms with E-state index in [1.54, 1.807) is 22.8 Å². The SMILES string of the molecule is OC1(c2ccc(F)cc2)CCN(c2ccc3nccn3n2)CC1. The van der Waals surface area contributed by atoms with Gasteiger partial charge in [0.25, 0.3) is 0 Å². The lowest BCUT2D eigenvalue weighted by atomic mass is 9.84. The summed E-state index contributed by atoms with van der Waals surface area (Å²) < 4.78 is 14.8. The van der Waals surface area contributed by atoms with Crippen LogP contribution in [0.2, 0.25) is 0 Å². The van der Waals surface area contributed by atoms with Crippen LogP contribution in [0, 0.1) is 5.82 Å². The van der Waals surface area contributed by atoms with Gasteiger partial charge in [0, 0.05) is 25.5 Å². The molecule has 0 saturated carbocycles. The zero-order valence-electron chi connectivity index (χ0n) is 12.6. The van der Waals surface area contributed by atoms with Crippen LogP contribution in [0.1, 0.15) is 18.4 Å². The van der Waals surface area contributed by atoms with Crippen LogP contribution in [-0.2, 0) is 5.60 Å². The van der Waals surface area contributed by atoms with Crippen LogP contribution in [0.25, 0.3) is 5.65 Å². The Kier molecular flexibility index (Phi) is 3.27. The summed E-state index contributed by atoms with van der Waals surface area (Å²) >= 11 is 0. The van der Waals surface area contributed by atoms with Crippen molar-refractivity contribution in [3.8, 4) is 0 Å². The predicted molar refractivity (Wildman–Crippen MR) is 84.7 cm³/mol. The van der Waals surface area contributed by atoms with Gasteiger partial charge >= 0.3 is 0 Å². The van der Waals surface area contributed by atoms with Gasteiger partial charge in [-0.3, -0.25) is 0 Å². The maximum atomic E-state index is 13.1. The molecular formula is C17H17FN4O. The Morgan fingerprint density at radius 3 is 2.52 bits per heavy atom. The van der Waals surface area contributed by atoms with E-state index in [1.807, 2.05) is 18.3 Å². The molecule has 2 aromatic heterocycles. The first-order valence-electron chi connectivity index (χ1n) is 7.68. The van der Waals surface area contributed by atoms with Crippen molar-refractivity contribution in [2.24, 2.45) is 0 Å². The molecule has 1 N–H and O–H groups in total. The topological polar surface area (TPSA) is 53.7 Å². The normalized spacial score (nSPS) is 17.6. The Morgan fingerprint density at radius 2 is 1.78 bits per heavy atom. The first-order valence-corrected chi connectivity index (χ1v) is 7.68. The number of fused-ring (bicyclic) bond motifs is 1. The van der Waals surface area contributed by atoms with Crippen molar-refractivity contribution >= 4 is 11.5 Å². The summed E-state index contributed by atoms with van der Waals surface area (Å²) in [5.41, 5.74) is 0.689. The van der Waals surface area contributed by atoms with E-state index in [2.05, 4.69) is 15.0 Å². The monoisotopic (exact) mass is 312 g/mol. The van der Waals surface area contributed by atoms with Gasteiger partial charge in [-0.2, -0.15) is 0 Å². The average molecular weight is 312 g/mol. The molecule has 0 radical (unpaired) electrons. The second-order valence-electron chi connectivity index (χ2n) is 5.95. The van der Waals surface area contributed by atoms with Crippen LogP contribution in [0.15, 0.2) is 48.8 Å². The number of hydrogen-bond donors (Lipinski definition) is 1. The largest absolute Gasteiger partial charge is 0.385 e. The minimum atomic E-state index is -0.899. The first kappa shape index (κ1) is 14.1. The highest BCUT2D eigenvalue weighted by atomic mass is 19.1. The third kappa shape index (κ3) is 2.55. The van der Waals surface area contributed by atoms with E-state index in [0.717, 1.165) is 17.0 Å². The lowest BCUT2D eigenvalue weighted by molar-refractivity contribution is 0.0116. The average Bonchev–Trinajstić information content (AvgIpc) is 3.03. The van der Waals surface area contributed by atoms with E-state index in [9.17, 15) is 9.50 Å². The van der Waals surface area contributed by atoms with Gasteiger partial charge in [0.2, 0.25) is 0 Å². The molecule has 0 atom stereocenters. The lowest BCUT2D eigenvalue weighted by Crippen LogP contribution is -2.43. The number of nitrogens with zero attached hydrogens (tertiary/aromatic N) is 4. The van der Waals surface area contributed by atoms with Gasteiger partial charge in [-0.25, -0.2) is 13.9 Å². The fraction of sp³-hybridized carbons (Fsp3) is 0.294. The molecule has 5 nitrogen and oxygen atoms in total. The van der Waals surface area contributed by atoms with Gasteiger partial charge in [-0.15, -0.1) is 5.10 Å². The van der Waals surface area contributed by atoms with Gasteiger partial charge < -0.3 is 10.0 Å². The van der Waals surface area contributed by atoms with E-state index in [0.29, 0.717) is 25.9 Å². The Hall–Kier alpha value is -2.47. The zero-order valence-corrected chi connectivity index (χ0v) is 12.6. The second kappa shape index (κ2) is 5.31. The highest BCUT2D eigenvalue weighted by Gasteiger charge is 2.34. The van der Waals surface area contributed by atoms with E-state index in [4.69, 9.17) is 0 Å². The molecule has 0 spiro atoms. The number of hydrogen-bond acceptors (Lipinski definition) is 4. The number of anilines is 1. The molecule has 23 heavy (non-hydrogen) atoms. The van der Waals surface area contributed by atoms with Gasteiger partial charge in [0.05, 0.1) is 5.60 Å². The molecule has 118 valence electrons. The van der Waals surface area contributed by atoms with Gasteiger partial charge in [-0.05, 0) is 42.7 Å². The van der Waals surface area contributed by atoms with Crippen molar-refractivity contribution in [3.63, 3.8) is 0 Å². The summed E-state index contributed by atoms with van der Waals surface area (Å²) in [5, 5.41) is 15.4. The van der Waals surface area contributed by atoms with Crippen LogP contribution < -0.4 is 4.90 Å². The van der Waals surface area contributed by atoms with Gasteiger partial charge in [0.15, 0.2) is 5.65 Å². The number of aromatic nitrogens is 3. The zero-order chi connectivity index (χ0) is 15.9. The summed E-state index contributed by atoms with van der Waals surface area (Å²) in [6, 6.07) is 10.0. The van der Waals surface area contributed by atoms with Crippen molar-refractivity contribution in [3.05, 3.63) is 60.2 Å². The first-order chi connectivity index (χ1) is 11.1. The molecule has 3 heterocycles. The van der Waals surface area contributed by atoms with E-state index in [-0.39, 0.29) is 5.82 Å². The number of aliphatic hydroxyl groups is 1. The van der Waals surface area contributed by atoms with Gasteiger partial charge in [-0.1, -0.05) is 12.1 Å². The van der Waals surface area contributed by atoms with Crippen molar-refractivity contribution in [1.29, 1.82) is 0 Å². The fourth-order valence-electron chi connectivity index (χ4n) is 3.13. The second-order valence-corrected chi connectivity index (χ2v) is 5.95. The molecule has 3 aromatic rings. The van der Waals surface area contributed by atoms with Crippen LogP contribution >= 0.6 is 0 Å². The Bertz CT molecular complexity index is 822.